The van der Waals surface area contributed by atoms with E-state index in [0.717, 1.165) is 38.9 Å². The molecule has 3 heteroatoms. The number of benzene rings is 1. The summed E-state index contributed by atoms with van der Waals surface area (Å²) in [4.78, 5) is 16.3. The molecule has 1 fully saturated rings. The maximum absolute atomic E-state index is 12.5. The number of carbonyl (C=O) groups excluding carboxylic acids is 1. The first-order valence-corrected chi connectivity index (χ1v) is 9.00. The number of likely N-dealkylation sites (tertiary alicyclic amines) is 1. The predicted molar refractivity (Wildman–Crippen MR) is 92.1 cm³/mol. The molecule has 1 atom stereocenters. The molecule has 0 radical (unpaired) electrons. The fraction of sp³-hybridized carbons (Fsp3) is 0.421. The van der Waals surface area contributed by atoms with Crippen LogP contribution in [0.5, 0.6) is 0 Å². The first-order chi connectivity index (χ1) is 10.8. The molecule has 22 heavy (non-hydrogen) atoms. The number of Topliss-reactive ketones (excluding diaryl/α,β-unsaturated/α-hetero) is 1. The lowest BCUT2D eigenvalue weighted by Crippen LogP contribution is -2.38. The maximum atomic E-state index is 12.5. The van der Waals surface area contributed by atoms with E-state index in [9.17, 15) is 4.79 Å². The number of ketones is 1. The Kier molecular flexibility index (Phi) is 5.41. The molecule has 0 spiro atoms. The van der Waals surface area contributed by atoms with Crippen LogP contribution in [0.15, 0.2) is 47.8 Å². The van der Waals surface area contributed by atoms with Gasteiger partial charge in [-0.2, -0.15) is 0 Å². The van der Waals surface area contributed by atoms with Crippen LogP contribution in [0.4, 0.5) is 0 Å². The average molecular weight is 313 g/mol. The Morgan fingerprint density at radius 3 is 2.82 bits per heavy atom. The van der Waals surface area contributed by atoms with Crippen LogP contribution in [-0.4, -0.2) is 23.8 Å². The van der Waals surface area contributed by atoms with Crippen LogP contribution in [0.3, 0.4) is 0 Å². The highest BCUT2D eigenvalue weighted by atomic mass is 32.1. The van der Waals surface area contributed by atoms with E-state index in [-0.39, 0.29) is 5.92 Å². The van der Waals surface area contributed by atoms with Crippen LogP contribution < -0.4 is 0 Å². The summed E-state index contributed by atoms with van der Waals surface area (Å²) in [6.45, 7) is 3.06. The zero-order valence-corrected chi connectivity index (χ0v) is 13.7. The summed E-state index contributed by atoms with van der Waals surface area (Å²) in [6, 6.07) is 14.6. The van der Waals surface area contributed by atoms with Crippen molar-refractivity contribution in [2.45, 2.75) is 32.2 Å². The molecule has 0 bridgehead atoms. The number of aryl methyl sites for hydroxylation is 1. The minimum atomic E-state index is 0.234. The lowest BCUT2D eigenvalue weighted by atomic mass is 9.90. The molecular weight excluding hydrogens is 290 g/mol. The van der Waals surface area contributed by atoms with E-state index in [4.69, 9.17) is 0 Å². The SMILES string of the molecule is O=C(CCc1ccccc1)C1CCCN(Cc2cccs2)C1. The fourth-order valence-electron chi connectivity index (χ4n) is 3.20. The van der Waals surface area contributed by atoms with Gasteiger partial charge in [0.25, 0.3) is 0 Å². The highest BCUT2D eigenvalue weighted by Gasteiger charge is 2.25. The van der Waals surface area contributed by atoms with E-state index < -0.39 is 0 Å². The van der Waals surface area contributed by atoms with Gasteiger partial charge in [0.1, 0.15) is 5.78 Å². The second-order valence-corrected chi connectivity index (χ2v) is 7.14. The third-order valence-electron chi connectivity index (χ3n) is 4.42. The monoisotopic (exact) mass is 313 g/mol. The summed E-state index contributed by atoms with van der Waals surface area (Å²) in [6.07, 6.45) is 3.77. The lowest BCUT2D eigenvalue weighted by molar-refractivity contribution is -0.124. The van der Waals surface area contributed by atoms with E-state index in [2.05, 4.69) is 34.5 Å². The summed E-state index contributed by atoms with van der Waals surface area (Å²) < 4.78 is 0. The van der Waals surface area contributed by atoms with Crippen LogP contribution in [0.1, 0.15) is 29.7 Å². The third-order valence-corrected chi connectivity index (χ3v) is 5.28. The fourth-order valence-corrected chi connectivity index (χ4v) is 3.95. The number of nitrogens with zero attached hydrogens (tertiary/aromatic N) is 1. The number of thiophene rings is 1. The molecule has 0 saturated carbocycles. The van der Waals surface area contributed by atoms with Gasteiger partial charge in [-0.1, -0.05) is 36.4 Å². The van der Waals surface area contributed by atoms with Gasteiger partial charge in [-0.25, -0.2) is 0 Å². The van der Waals surface area contributed by atoms with Crippen LogP contribution >= 0.6 is 11.3 Å². The van der Waals surface area contributed by atoms with Gasteiger partial charge in [0.15, 0.2) is 0 Å². The minimum Gasteiger partial charge on any atom is -0.299 e. The van der Waals surface area contributed by atoms with Crippen molar-refractivity contribution in [3.63, 3.8) is 0 Å². The number of carbonyl (C=O) groups is 1. The Balaban J connectivity index is 1.49. The molecule has 1 saturated heterocycles. The highest BCUT2D eigenvalue weighted by molar-refractivity contribution is 7.09. The Morgan fingerprint density at radius 2 is 2.05 bits per heavy atom. The van der Waals surface area contributed by atoms with E-state index in [1.807, 2.05) is 29.5 Å². The lowest BCUT2D eigenvalue weighted by Gasteiger charge is -2.31. The molecule has 1 aromatic carbocycles. The quantitative estimate of drug-likeness (QED) is 0.798. The Labute approximate surface area is 136 Å². The van der Waals surface area contributed by atoms with Gasteiger partial charge in [-0.05, 0) is 42.8 Å². The molecule has 0 N–H and O–H groups in total. The summed E-state index contributed by atoms with van der Waals surface area (Å²) in [5.74, 6) is 0.678. The Morgan fingerprint density at radius 1 is 1.18 bits per heavy atom. The first kappa shape index (κ1) is 15.4. The normalized spacial score (nSPS) is 19.2. The van der Waals surface area contributed by atoms with Gasteiger partial charge in [-0.15, -0.1) is 11.3 Å². The van der Waals surface area contributed by atoms with E-state index >= 15 is 0 Å². The van der Waals surface area contributed by atoms with Crippen LogP contribution in [0.2, 0.25) is 0 Å². The molecule has 1 unspecified atom stereocenters. The van der Waals surface area contributed by atoms with Crippen molar-refractivity contribution in [1.82, 2.24) is 4.90 Å². The van der Waals surface area contributed by atoms with Crippen LogP contribution in [0, 0.1) is 5.92 Å². The van der Waals surface area contributed by atoms with Crippen molar-refractivity contribution in [1.29, 1.82) is 0 Å². The summed E-state index contributed by atoms with van der Waals surface area (Å²) in [5.41, 5.74) is 1.27. The maximum Gasteiger partial charge on any atom is 0.137 e. The van der Waals surface area contributed by atoms with Gasteiger partial charge in [0.2, 0.25) is 0 Å². The number of rotatable bonds is 6. The summed E-state index contributed by atoms with van der Waals surface area (Å²) >= 11 is 1.81. The summed E-state index contributed by atoms with van der Waals surface area (Å²) in [5, 5.41) is 2.13. The Hall–Kier alpha value is -1.45. The van der Waals surface area contributed by atoms with Crippen molar-refractivity contribution >= 4 is 17.1 Å². The largest absolute Gasteiger partial charge is 0.299 e. The van der Waals surface area contributed by atoms with E-state index in [0.29, 0.717) is 12.2 Å². The Bertz CT molecular complexity index is 579. The van der Waals surface area contributed by atoms with Gasteiger partial charge in [0.05, 0.1) is 0 Å². The summed E-state index contributed by atoms with van der Waals surface area (Å²) in [7, 11) is 0. The van der Waals surface area contributed by atoms with Crippen molar-refractivity contribution in [3.8, 4) is 0 Å². The van der Waals surface area contributed by atoms with Gasteiger partial charge in [0, 0.05) is 30.3 Å². The minimum absolute atomic E-state index is 0.234. The van der Waals surface area contributed by atoms with Crippen molar-refractivity contribution in [3.05, 3.63) is 58.3 Å². The number of hydrogen-bond acceptors (Lipinski definition) is 3. The number of piperidine rings is 1. The molecule has 116 valence electrons. The van der Waals surface area contributed by atoms with Crippen molar-refractivity contribution in [2.24, 2.45) is 5.92 Å². The van der Waals surface area contributed by atoms with Crippen LogP contribution in [-0.2, 0) is 17.8 Å². The molecule has 2 heterocycles. The molecule has 3 rings (SSSR count). The van der Waals surface area contributed by atoms with Crippen LogP contribution in [0.25, 0.3) is 0 Å². The topological polar surface area (TPSA) is 20.3 Å². The molecule has 2 aromatic rings. The van der Waals surface area contributed by atoms with Gasteiger partial charge in [-0.3, -0.25) is 9.69 Å². The molecular formula is C19H23NOS. The zero-order valence-electron chi connectivity index (χ0n) is 12.9. The molecule has 1 aliphatic heterocycles. The second kappa shape index (κ2) is 7.70. The standard InChI is InChI=1S/C19H23NOS/c21-19(11-10-16-6-2-1-3-7-16)17-8-4-12-20(14-17)15-18-9-5-13-22-18/h1-3,5-7,9,13,17H,4,8,10-12,14-15H2. The molecule has 1 aromatic heterocycles. The first-order valence-electron chi connectivity index (χ1n) is 8.12. The number of hydrogen-bond donors (Lipinski definition) is 0. The van der Waals surface area contributed by atoms with Crippen molar-refractivity contribution < 1.29 is 4.79 Å². The third kappa shape index (κ3) is 4.28. The molecule has 1 aliphatic rings. The predicted octanol–water partition coefficient (Wildman–Crippen LogP) is 4.16. The van der Waals surface area contributed by atoms with E-state index in [1.165, 1.54) is 10.4 Å². The smallest absolute Gasteiger partial charge is 0.137 e. The highest BCUT2D eigenvalue weighted by Crippen LogP contribution is 2.22. The van der Waals surface area contributed by atoms with Gasteiger partial charge >= 0.3 is 0 Å². The zero-order chi connectivity index (χ0) is 15.2. The second-order valence-electron chi connectivity index (χ2n) is 6.11. The molecule has 0 aliphatic carbocycles. The average Bonchev–Trinajstić information content (AvgIpc) is 3.07. The molecule has 2 nitrogen and oxygen atoms in total. The van der Waals surface area contributed by atoms with Gasteiger partial charge < -0.3 is 0 Å². The van der Waals surface area contributed by atoms with E-state index in [1.54, 1.807) is 0 Å². The molecule has 0 amide bonds. The van der Waals surface area contributed by atoms with Crippen molar-refractivity contribution in [2.75, 3.05) is 13.1 Å².